The van der Waals surface area contributed by atoms with Gasteiger partial charge in [0.2, 0.25) is 7.85 Å². The molecule has 0 spiro atoms. The van der Waals surface area contributed by atoms with Gasteiger partial charge in [-0.25, -0.2) is 4.98 Å². The average Bonchev–Trinajstić information content (AvgIpc) is 3.14. The molecule has 3 aliphatic rings. The fourth-order valence-corrected chi connectivity index (χ4v) is 5.98. The molecule has 0 saturated carbocycles. The lowest BCUT2D eigenvalue weighted by molar-refractivity contribution is 0.0939. The maximum Gasteiger partial charge on any atom is 0.253 e. The lowest BCUT2D eigenvalue weighted by Crippen LogP contribution is -2.42. The molecule has 35 heavy (non-hydrogen) atoms. The molecule has 5 rings (SSSR count). The maximum atomic E-state index is 12.9. The third kappa shape index (κ3) is 5.00. The Bertz CT molecular complexity index is 1100. The number of nitrogens with zero attached hydrogens (tertiary/aromatic N) is 3. The number of aromatic nitrogens is 1. The first kappa shape index (κ1) is 23.6. The second-order valence-electron chi connectivity index (χ2n) is 10.4. The Morgan fingerprint density at radius 3 is 2.37 bits per heavy atom. The molecule has 2 bridgehead atoms. The largest absolute Gasteiger partial charge is 0.351 e. The molecule has 1 aromatic carbocycles. The van der Waals surface area contributed by atoms with E-state index in [0.717, 1.165) is 29.3 Å². The van der Waals surface area contributed by atoms with Crippen molar-refractivity contribution >= 4 is 31.0 Å². The number of carbonyl (C=O) groups is 2. The molecule has 3 aliphatic heterocycles. The molecule has 2 aromatic rings. The summed E-state index contributed by atoms with van der Waals surface area (Å²) in [6, 6.07) is 13.2. The fourth-order valence-electron chi connectivity index (χ4n) is 5.98. The second-order valence-corrected chi connectivity index (χ2v) is 10.4. The maximum absolute atomic E-state index is 12.9. The van der Waals surface area contributed by atoms with E-state index in [1.165, 1.54) is 31.3 Å². The minimum absolute atomic E-state index is 0.114. The predicted octanol–water partition coefficient (Wildman–Crippen LogP) is 4.72. The minimum Gasteiger partial charge on any atom is -0.351 e. The van der Waals surface area contributed by atoms with Crippen molar-refractivity contribution in [3.8, 4) is 0 Å². The Morgan fingerprint density at radius 2 is 1.80 bits per heavy atom. The number of anilines is 1. The van der Waals surface area contributed by atoms with Gasteiger partial charge in [0.05, 0.1) is 11.6 Å². The van der Waals surface area contributed by atoms with Crippen LogP contribution >= 0.6 is 0 Å². The zero-order chi connectivity index (χ0) is 24.5. The van der Waals surface area contributed by atoms with Crippen LogP contribution in [0.3, 0.4) is 0 Å². The molecule has 4 heterocycles. The van der Waals surface area contributed by atoms with Gasteiger partial charge in [-0.3, -0.25) is 9.59 Å². The highest BCUT2D eigenvalue weighted by Gasteiger charge is 2.39. The smallest absolute Gasteiger partial charge is 0.253 e. The van der Waals surface area contributed by atoms with Crippen molar-refractivity contribution in [3.63, 3.8) is 0 Å². The Morgan fingerprint density at radius 1 is 1.09 bits per heavy atom. The van der Waals surface area contributed by atoms with Gasteiger partial charge in [0.25, 0.3) is 5.91 Å². The molecule has 3 atom stereocenters. The van der Waals surface area contributed by atoms with Crippen molar-refractivity contribution in [3.05, 3.63) is 65.4 Å². The lowest BCUT2D eigenvalue weighted by Gasteiger charge is -2.38. The van der Waals surface area contributed by atoms with Gasteiger partial charge in [-0.2, -0.15) is 0 Å². The van der Waals surface area contributed by atoms with E-state index in [-0.39, 0.29) is 17.8 Å². The van der Waals surface area contributed by atoms with Gasteiger partial charge < -0.3 is 15.1 Å². The Hall–Kier alpha value is -3.09. The number of carbonyl (C=O) groups excluding carboxylic acids is 2. The van der Waals surface area contributed by atoms with Gasteiger partial charge in [-0.05, 0) is 73.8 Å². The fraction of sp³-hybridized carbons (Fsp3) is 0.464. The molecule has 3 unspecified atom stereocenters. The summed E-state index contributed by atoms with van der Waals surface area (Å²) in [7, 11) is 5.36. The number of pyridine rings is 1. The molecule has 0 aliphatic carbocycles. The van der Waals surface area contributed by atoms with Gasteiger partial charge >= 0.3 is 0 Å². The second kappa shape index (κ2) is 9.88. The van der Waals surface area contributed by atoms with Crippen molar-refractivity contribution in [2.24, 2.45) is 5.92 Å². The molecule has 180 valence electrons. The van der Waals surface area contributed by atoms with Crippen LogP contribution in [-0.2, 0) is 0 Å². The summed E-state index contributed by atoms with van der Waals surface area (Å²) in [5.74, 6) is 1.30. The summed E-state index contributed by atoms with van der Waals surface area (Å²) in [5.41, 5.74) is 3.98. The Balaban J connectivity index is 1.19. The van der Waals surface area contributed by atoms with Crippen LogP contribution < -0.4 is 10.2 Å². The normalized spacial score (nSPS) is 24.6. The van der Waals surface area contributed by atoms with E-state index in [0.29, 0.717) is 30.7 Å². The highest BCUT2D eigenvalue weighted by atomic mass is 16.2. The Kier molecular flexibility index (Phi) is 6.68. The third-order valence-electron chi connectivity index (χ3n) is 7.89. The Labute approximate surface area is 209 Å². The van der Waals surface area contributed by atoms with E-state index in [1.54, 1.807) is 11.1 Å². The summed E-state index contributed by atoms with van der Waals surface area (Å²) in [6.45, 7) is 5.53. The van der Waals surface area contributed by atoms with E-state index in [9.17, 15) is 9.59 Å². The molecule has 1 aromatic heterocycles. The summed E-state index contributed by atoms with van der Waals surface area (Å²) in [5, 5.41) is 3.10. The molecule has 2 saturated heterocycles. The first-order valence-electron chi connectivity index (χ1n) is 12.8. The molecule has 1 N–H and O–H groups in total. The molecule has 7 heteroatoms. The minimum atomic E-state index is -0.377. The van der Waals surface area contributed by atoms with Gasteiger partial charge in [-0.15, -0.1) is 0 Å². The van der Waals surface area contributed by atoms with Crippen molar-refractivity contribution in [2.45, 2.75) is 64.1 Å². The van der Waals surface area contributed by atoms with Gasteiger partial charge in [0.15, 0.2) is 5.81 Å². The number of piperidine rings is 1. The predicted molar refractivity (Wildman–Crippen MR) is 140 cm³/mol. The van der Waals surface area contributed by atoms with Crippen LogP contribution in [0.1, 0.15) is 73.5 Å². The SMILES string of the molecule is [B]C(=O)N1CC=C(c2ccc(C(C)NC(=O)c3ccc(N4C5CCC4CC(C)C5)nc3)cc2)CC1. The zero-order valence-corrected chi connectivity index (χ0v) is 20.6. The number of hydrogen-bond donors (Lipinski definition) is 1. The monoisotopic (exact) mass is 468 g/mol. The number of hydrogen-bond acceptors (Lipinski definition) is 4. The van der Waals surface area contributed by atoms with E-state index in [4.69, 9.17) is 7.85 Å². The molecule has 6 nitrogen and oxygen atoms in total. The standard InChI is InChI=1S/C28H33BN4O2/c1-18-15-24-8-9-25(16-18)33(24)26-10-7-23(17-30-26)27(34)31-19(2)20-3-5-21(6-4-20)22-11-13-32(14-12-22)28(29)35/h3-7,10-11,17-19,24-25H,8-9,12-16H2,1-2H3,(H,31,34). The summed E-state index contributed by atoms with van der Waals surface area (Å²) >= 11 is 0. The van der Waals surface area contributed by atoms with Crippen molar-refractivity contribution < 1.29 is 9.59 Å². The highest BCUT2D eigenvalue weighted by molar-refractivity contribution is 6.56. The topological polar surface area (TPSA) is 65.5 Å². The first-order chi connectivity index (χ1) is 16.9. The molecular weight excluding hydrogens is 435 g/mol. The number of amides is 2. The van der Waals surface area contributed by atoms with Gasteiger partial charge in [0, 0.05) is 31.4 Å². The number of benzene rings is 1. The van der Waals surface area contributed by atoms with E-state index in [2.05, 4.69) is 52.5 Å². The van der Waals surface area contributed by atoms with Gasteiger partial charge in [0.1, 0.15) is 5.82 Å². The van der Waals surface area contributed by atoms with Crippen LogP contribution in [0.25, 0.3) is 5.57 Å². The summed E-state index contributed by atoms with van der Waals surface area (Å²) in [4.78, 5) is 33.0. The quantitative estimate of drug-likeness (QED) is 0.646. The van der Waals surface area contributed by atoms with Gasteiger partial charge in [-0.1, -0.05) is 37.3 Å². The number of fused-ring (bicyclic) bond motifs is 2. The molecule has 2 amide bonds. The summed E-state index contributed by atoms with van der Waals surface area (Å²) < 4.78 is 0. The number of rotatable bonds is 5. The van der Waals surface area contributed by atoms with Crippen molar-refractivity contribution in [1.82, 2.24) is 15.2 Å². The van der Waals surface area contributed by atoms with E-state index < -0.39 is 0 Å². The van der Waals surface area contributed by atoms with Crippen molar-refractivity contribution in [2.75, 3.05) is 18.0 Å². The van der Waals surface area contributed by atoms with Crippen LogP contribution in [0, 0.1) is 5.92 Å². The van der Waals surface area contributed by atoms with Crippen molar-refractivity contribution in [1.29, 1.82) is 0 Å². The van der Waals surface area contributed by atoms with E-state index in [1.807, 2.05) is 19.1 Å². The zero-order valence-electron chi connectivity index (χ0n) is 20.6. The van der Waals surface area contributed by atoms with E-state index >= 15 is 0 Å². The third-order valence-corrected chi connectivity index (χ3v) is 7.89. The lowest BCUT2D eigenvalue weighted by atomic mass is 9.92. The average molecular weight is 468 g/mol. The van der Waals surface area contributed by atoms with Crippen LogP contribution in [-0.4, -0.2) is 54.6 Å². The van der Waals surface area contributed by atoms with Crippen LogP contribution in [0.4, 0.5) is 10.6 Å². The molecular formula is C28H33BN4O2. The van der Waals surface area contributed by atoms with Crippen LogP contribution in [0.15, 0.2) is 48.7 Å². The van der Waals surface area contributed by atoms with Crippen LogP contribution in [0.5, 0.6) is 0 Å². The first-order valence-corrected chi connectivity index (χ1v) is 12.8. The molecule has 2 fully saturated rings. The highest BCUT2D eigenvalue weighted by Crippen LogP contribution is 2.40. The number of nitrogens with one attached hydrogen (secondary N) is 1. The van der Waals surface area contributed by atoms with Crippen LogP contribution in [0.2, 0.25) is 0 Å². The molecule has 2 radical (unpaired) electrons. The summed E-state index contributed by atoms with van der Waals surface area (Å²) in [6.07, 6.45) is 9.52.